The van der Waals surface area contributed by atoms with Gasteiger partial charge in [-0.1, -0.05) is 66.2 Å². The molecular formula is C32H24ClFN2O5. The van der Waals surface area contributed by atoms with E-state index in [0.29, 0.717) is 22.5 Å². The van der Waals surface area contributed by atoms with Crippen molar-refractivity contribution >= 4 is 46.9 Å². The highest BCUT2D eigenvalue weighted by Gasteiger charge is 2.43. The first-order valence-corrected chi connectivity index (χ1v) is 13.1. The van der Waals surface area contributed by atoms with Crippen LogP contribution in [0.2, 0.25) is 5.02 Å². The molecule has 0 unspecified atom stereocenters. The highest BCUT2D eigenvalue weighted by molar-refractivity contribution is 6.46. The maximum atomic E-state index is 14.1. The number of para-hydroxylation sites is 2. The molecule has 0 bridgehead atoms. The molecule has 0 aromatic heterocycles. The normalized spacial score (nSPS) is 13.4. The average molecular weight is 571 g/mol. The molecule has 1 heterocycles. The van der Waals surface area contributed by atoms with Gasteiger partial charge >= 0.3 is 6.03 Å². The number of carbonyl (C=O) groups is 3. The second-order valence-corrected chi connectivity index (χ2v) is 9.34. The van der Waals surface area contributed by atoms with Crippen LogP contribution in [0, 0.1) is 5.82 Å². The first-order valence-electron chi connectivity index (χ1n) is 12.8. The number of barbiturate groups is 1. The van der Waals surface area contributed by atoms with E-state index in [1.54, 1.807) is 91.9 Å². The second kappa shape index (κ2) is 12.1. The molecule has 1 aliphatic rings. The van der Waals surface area contributed by atoms with E-state index in [2.05, 4.69) is 0 Å². The molecule has 0 aliphatic carbocycles. The number of carbonyl (C=O) groups excluding carboxylic acids is 3. The number of anilines is 2. The molecular weight excluding hydrogens is 547 g/mol. The van der Waals surface area contributed by atoms with Crippen LogP contribution >= 0.6 is 11.6 Å². The molecule has 0 saturated carbocycles. The van der Waals surface area contributed by atoms with Gasteiger partial charge in [-0.15, -0.1) is 0 Å². The summed E-state index contributed by atoms with van der Waals surface area (Å²) >= 11 is 6.57. The fourth-order valence-corrected chi connectivity index (χ4v) is 4.62. The number of hydrogen-bond donors (Lipinski definition) is 0. The van der Waals surface area contributed by atoms with E-state index in [1.807, 2.05) is 0 Å². The molecule has 4 aromatic carbocycles. The Kier molecular flexibility index (Phi) is 8.12. The molecule has 0 N–H and O–H groups in total. The Labute approximate surface area is 241 Å². The Morgan fingerprint density at radius 2 is 1.34 bits per heavy atom. The maximum Gasteiger partial charge on any atom is 0.343 e. The number of halogens is 2. The Morgan fingerprint density at radius 1 is 0.780 bits per heavy atom. The molecule has 206 valence electrons. The van der Waals surface area contributed by atoms with E-state index >= 15 is 0 Å². The van der Waals surface area contributed by atoms with E-state index in [1.165, 1.54) is 18.2 Å². The van der Waals surface area contributed by atoms with Gasteiger partial charge in [0.2, 0.25) is 0 Å². The number of amides is 4. The molecule has 41 heavy (non-hydrogen) atoms. The maximum absolute atomic E-state index is 14.1. The van der Waals surface area contributed by atoms with Crippen LogP contribution in [0.15, 0.2) is 103 Å². The molecule has 1 saturated heterocycles. The van der Waals surface area contributed by atoms with Crippen LogP contribution in [-0.4, -0.2) is 24.5 Å². The summed E-state index contributed by atoms with van der Waals surface area (Å²) < 4.78 is 25.7. The van der Waals surface area contributed by atoms with Crippen LogP contribution in [0.5, 0.6) is 11.5 Å². The van der Waals surface area contributed by atoms with E-state index in [-0.39, 0.29) is 35.3 Å². The van der Waals surface area contributed by atoms with Crippen molar-refractivity contribution in [1.29, 1.82) is 0 Å². The van der Waals surface area contributed by atoms with Crippen LogP contribution in [0.3, 0.4) is 0 Å². The number of urea groups is 1. The summed E-state index contributed by atoms with van der Waals surface area (Å²) in [5.41, 5.74) is 1.07. The Hall–Kier alpha value is -4.95. The van der Waals surface area contributed by atoms with Gasteiger partial charge in [0.15, 0.2) is 11.5 Å². The van der Waals surface area contributed by atoms with Crippen LogP contribution in [0.1, 0.15) is 18.1 Å². The van der Waals surface area contributed by atoms with E-state index in [4.69, 9.17) is 21.1 Å². The molecule has 9 heteroatoms. The summed E-state index contributed by atoms with van der Waals surface area (Å²) in [7, 11) is 0. The second-order valence-electron chi connectivity index (χ2n) is 8.94. The van der Waals surface area contributed by atoms with E-state index < -0.39 is 23.7 Å². The fraction of sp³-hybridized carbons (Fsp3) is 0.0938. The Morgan fingerprint density at radius 3 is 1.90 bits per heavy atom. The monoisotopic (exact) mass is 570 g/mol. The lowest BCUT2D eigenvalue weighted by Crippen LogP contribution is -2.57. The first kappa shape index (κ1) is 27.6. The molecule has 1 aliphatic heterocycles. The number of imide groups is 2. The standard InChI is InChI=1S/C32H24ClFN2O5/c1-2-40-28-19-21(18-26(33)29(28)41-20-22-11-9-10-16-27(22)34)17-25-30(37)35(23-12-5-3-6-13-23)32(39)36(31(25)38)24-14-7-4-8-15-24/h3-19H,2,20H2,1H3. The topological polar surface area (TPSA) is 76.2 Å². The third-order valence-corrected chi connectivity index (χ3v) is 6.53. The molecule has 5 rings (SSSR count). The number of benzene rings is 4. The van der Waals surface area contributed by atoms with Gasteiger partial charge in [-0.3, -0.25) is 9.59 Å². The third kappa shape index (κ3) is 5.69. The number of hydrogen-bond acceptors (Lipinski definition) is 5. The van der Waals surface area contributed by atoms with Crippen LogP contribution in [-0.2, 0) is 16.2 Å². The van der Waals surface area contributed by atoms with Crippen molar-refractivity contribution in [2.75, 3.05) is 16.4 Å². The minimum absolute atomic E-state index is 0.0932. The van der Waals surface area contributed by atoms with Gasteiger partial charge in [0.1, 0.15) is 18.0 Å². The summed E-state index contributed by atoms with van der Waals surface area (Å²) in [6, 6.07) is 25.2. The van der Waals surface area contributed by atoms with Crippen molar-refractivity contribution < 1.29 is 28.2 Å². The summed E-state index contributed by atoms with van der Waals surface area (Å²) in [5, 5.41) is 0.130. The minimum atomic E-state index is -0.792. The zero-order valence-corrected chi connectivity index (χ0v) is 22.7. The summed E-state index contributed by atoms with van der Waals surface area (Å²) in [6.07, 6.45) is 1.36. The lowest BCUT2D eigenvalue weighted by atomic mass is 10.0. The van der Waals surface area contributed by atoms with Gasteiger partial charge in [-0.25, -0.2) is 19.0 Å². The summed E-state index contributed by atoms with van der Waals surface area (Å²) in [6.45, 7) is 1.95. The molecule has 0 radical (unpaired) electrons. The van der Waals surface area contributed by atoms with Crippen molar-refractivity contribution in [3.8, 4) is 11.5 Å². The lowest BCUT2D eigenvalue weighted by Gasteiger charge is -2.34. The quantitative estimate of drug-likeness (QED) is 0.168. The molecule has 7 nitrogen and oxygen atoms in total. The molecule has 1 fully saturated rings. The zero-order chi connectivity index (χ0) is 28.9. The average Bonchev–Trinajstić information content (AvgIpc) is 2.97. The van der Waals surface area contributed by atoms with Gasteiger partial charge in [0.25, 0.3) is 11.8 Å². The first-order chi connectivity index (χ1) is 19.9. The highest BCUT2D eigenvalue weighted by atomic mass is 35.5. The Bertz CT molecular complexity index is 1580. The molecule has 0 atom stereocenters. The van der Waals surface area contributed by atoms with Crippen LogP contribution in [0.4, 0.5) is 20.6 Å². The number of ether oxygens (including phenoxy) is 2. The molecule has 4 amide bonds. The number of rotatable bonds is 8. The predicted octanol–water partition coefficient (Wildman–Crippen LogP) is 7.04. The van der Waals surface area contributed by atoms with Gasteiger partial charge < -0.3 is 9.47 Å². The summed E-state index contributed by atoms with van der Waals surface area (Å²) in [4.78, 5) is 42.7. The van der Waals surface area contributed by atoms with E-state index in [9.17, 15) is 18.8 Å². The highest BCUT2D eigenvalue weighted by Crippen LogP contribution is 2.39. The van der Waals surface area contributed by atoms with Crippen molar-refractivity contribution in [2.45, 2.75) is 13.5 Å². The van der Waals surface area contributed by atoms with Crippen molar-refractivity contribution in [2.24, 2.45) is 0 Å². The third-order valence-electron chi connectivity index (χ3n) is 6.25. The van der Waals surface area contributed by atoms with Crippen LogP contribution in [0.25, 0.3) is 6.08 Å². The minimum Gasteiger partial charge on any atom is -0.490 e. The summed E-state index contributed by atoms with van der Waals surface area (Å²) in [5.74, 6) is -1.56. The van der Waals surface area contributed by atoms with E-state index in [0.717, 1.165) is 9.80 Å². The Balaban J connectivity index is 1.56. The van der Waals surface area contributed by atoms with Crippen molar-refractivity contribution in [3.05, 3.63) is 125 Å². The van der Waals surface area contributed by atoms with Gasteiger partial charge in [0.05, 0.1) is 23.0 Å². The van der Waals surface area contributed by atoms with Gasteiger partial charge in [0, 0.05) is 5.56 Å². The zero-order valence-electron chi connectivity index (χ0n) is 21.9. The molecule has 4 aromatic rings. The van der Waals surface area contributed by atoms with Crippen LogP contribution < -0.4 is 19.3 Å². The fourth-order valence-electron chi connectivity index (χ4n) is 4.35. The largest absolute Gasteiger partial charge is 0.490 e. The van der Waals surface area contributed by atoms with Gasteiger partial charge in [-0.05, 0) is 61.0 Å². The van der Waals surface area contributed by atoms with Gasteiger partial charge in [-0.2, -0.15) is 0 Å². The number of nitrogens with zero attached hydrogens (tertiary/aromatic N) is 2. The van der Waals surface area contributed by atoms with Crippen molar-refractivity contribution in [1.82, 2.24) is 0 Å². The predicted molar refractivity (Wildman–Crippen MR) is 155 cm³/mol. The van der Waals surface area contributed by atoms with Crippen molar-refractivity contribution in [3.63, 3.8) is 0 Å². The molecule has 0 spiro atoms. The lowest BCUT2D eigenvalue weighted by molar-refractivity contribution is -0.121. The smallest absolute Gasteiger partial charge is 0.343 e. The SMILES string of the molecule is CCOc1cc(C=C2C(=O)N(c3ccccc3)C(=O)N(c3ccccc3)C2=O)cc(Cl)c1OCc1ccccc1F.